The fourth-order valence-electron chi connectivity index (χ4n) is 2.00. The van der Waals surface area contributed by atoms with Gasteiger partial charge in [-0.2, -0.15) is 5.26 Å². The van der Waals surface area contributed by atoms with Gasteiger partial charge in [0.2, 0.25) is 5.91 Å². The first-order valence-electron chi connectivity index (χ1n) is 7.34. The van der Waals surface area contributed by atoms with Crippen LogP contribution in [-0.2, 0) is 9.59 Å². The second-order valence-corrected chi connectivity index (χ2v) is 5.11. The standard InChI is InChI=1S/C18H17N3O3/c1-12(18(23)21-17-6-4-3-5-14(17)11-19)24-16-9-7-15(8-10-16)20-13(2)22/h3-10,12H,1-2H3,(H,20,22)(H,21,23)/t12-/m0/s1. The van der Waals surface area contributed by atoms with Crippen LogP contribution in [0.15, 0.2) is 48.5 Å². The van der Waals surface area contributed by atoms with Crippen molar-refractivity contribution in [2.75, 3.05) is 10.6 Å². The van der Waals surface area contributed by atoms with E-state index in [9.17, 15) is 9.59 Å². The second-order valence-electron chi connectivity index (χ2n) is 5.11. The van der Waals surface area contributed by atoms with Crippen molar-refractivity contribution in [3.8, 4) is 11.8 Å². The number of hydrogen-bond acceptors (Lipinski definition) is 4. The first-order chi connectivity index (χ1) is 11.5. The highest BCUT2D eigenvalue weighted by molar-refractivity contribution is 5.95. The van der Waals surface area contributed by atoms with E-state index in [0.29, 0.717) is 22.7 Å². The SMILES string of the molecule is CC(=O)Nc1ccc(O[C@@H](C)C(=O)Nc2ccccc2C#N)cc1. The zero-order valence-electron chi connectivity index (χ0n) is 13.4. The van der Waals surface area contributed by atoms with Crippen LogP contribution >= 0.6 is 0 Å². The Labute approximate surface area is 140 Å². The predicted molar refractivity (Wildman–Crippen MR) is 90.6 cm³/mol. The Morgan fingerprint density at radius 2 is 1.75 bits per heavy atom. The van der Waals surface area contributed by atoms with Crippen LogP contribution < -0.4 is 15.4 Å². The summed E-state index contributed by atoms with van der Waals surface area (Å²) in [6.45, 7) is 3.04. The summed E-state index contributed by atoms with van der Waals surface area (Å²) in [5.74, 6) is -0.0171. The molecule has 0 aliphatic rings. The smallest absolute Gasteiger partial charge is 0.265 e. The summed E-state index contributed by atoms with van der Waals surface area (Å²) in [6, 6.07) is 15.5. The maximum Gasteiger partial charge on any atom is 0.265 e. The van der Waals surface area contributed by atoms with Crippen molar-refractivity contribution in [1.29, 1.82) is 5.26 Å². The lowest BCUT2D eigenvalue weighted by Gasteiger charge is -2.15. The normalized spacial score (nSPS) is 11.0. The number of rotatable bonds is 5. The molecule has 2 N–H and O–H groups in total. The van der Waals surface area contributed by atoms with Gasteiger partial charge in [-0.1, -0.05) is 12.1 Å². The zero-order chi connectivity index (χ0) is 17.5. The number of nitrogens with one attached hydrogen (secondary N) is 2. The molecule has 0 saturated heterocycles. The van der Waals surface area contributed by atoms with E-state index < -0.39 is 6.10 Å². The van der Waals surface area contributed by atoms with E-state index in [2.05, 4.69) is 10.6 Å². The molecule has 0 bridgehead atoms. The average Bonchev–Trinajstić information content (AvgIpc) is 2.56. The Hall–Kier alpha value is -3.33. The summed E-state index contributed by atoms with van der Waals surface area (Å²) in [4.78, 5) is 23.2. The molecule has 122 valence electrons. The van der Waals surface area contributed by atoms with Crippen molar-refractivity contribution in [2.24, 2.45) is 0 Å². The van der Waals surface area contributed by atoms with Crippen molar-refractivity contribution < 1.29 is 14.3 Å². The van der Waals surface area contributed by atoms with Crippen LogP contribution in [0.1, 0.15) is 19.4 Å². The predicted octanol–water partition coefficient (Wildman–Crippen LogP) is 2.92. The van der Waals surface area contributed by atoms with Gasteiger partial charge in [-0.3, -0.25) is 9.59 Å². The average molecular weight is 323 g/mol. The van der Waals surface area contributed by atoms with E-state index in [1.54, 1.807) is 55.5 Å². The number of carbonyl (C=O) groups is 2. The Morgan fingerprint density at radius 1 is 1.08 bits per heavy atom. The van der Waals surface area contributed by atoms with Crippen molar-refractivity contribution >= 4 is 23.2 Å². The molecule has 0 aliphatic heterocycles. The molecular formula is C18H17N3O3. The minimum atomic E-state index is -0.747. The van der Waals surface area contributed by atoms with E-state index in [1.807, 2.05) is 6.07 Å². The third-order valence-electron chi connectivity index (χ3n) is 3.16. The molecule has 0 aromatic heterocycles. The Kier molecular flexibility index (Phi) is 5.53. The summed E-state index contributed by atoms with van der Waals surface area (Å²) in [7, 11) is 0. The summed E-state index contributed by atoms with van der Waals surface area (Å²) < 4.78 is 5.57. The quantitative estimate of drug-likeness (QED) is 0.885. The summed E-state index contributed by atoms with van der Waals surface area (Å²) in [5.41, 5.74) is 1.48. The van der Waals surface area contributed by atoms with Crippen LogP contribution in [0.2, 0.25) is 0 Å². The molecule has 0 heterocycles. The largest absolute Gasteiger partial charge is 0.481 e. The second kappa shape index (κ2) is 7.79. The van der Waals surface area contributed by atoms with Crippen LogP contribution in [0.25, 0.3) is 0 Å². The summed E-state index contributed by atoms with van der Waals surface area (Å²) in [5, 5.41) is 14.4. The first kappa shape index (κ1) is 17.0. The number of ether oxygens (including phenoxy) is 1. The Morgan fingerprint density at radius 3 is 2.38 bits per heavy atom. The number of hydrogen-bond donors (Lipinski definition) is 2. The molecule has 0 fully saturated rings. The fraction of sp³-hybridized carbons (Fsp3) is 0.167. The minimum absolute atomic E-state index is 0.160. The lowest BCUT2D eigenvalue weighted by Crippen LogP contribution is -2.30. The number of nitriles is 1. The number of carbonyl (C=O) groups excluding carboxylic acids is 2. The van der Waals surface area contributed by atoms with Crippen molar-refractivity contribution in [3.63, 3.8) is 0 Å². The summed E-state index contributed by atoms with van der Waals surface area (Å²) >= 11 is 0. The van der Waals surface area contributed by atoms with Gasteiger partial charge < -0.3 is 15.4 Å². The number of benzene rings is 2. The first-order valence-corrected chi connectivity index (χ1v) is 7.34. The molecule has 6 nitrogen and oxygen atoms in total. The van der Waals surface area contributed by atoms with E-state index >= 15 is 0 Å². The monoisotopic (exact) mass is 323 g/mol. The molecule has 2 aromatic carbocycles. The van der Waals surface area contributed by atoms with Gasteiger partial charge in [0, 0.05) is 12.6 Å². The van der Waals surface area contributed by atoms with Gasteiger partial charge in [0.15, 0.2) is 6.10 Å². The lowest BCUT2D eigenvalue weighted by atomic mass is 10.2. The van der Waals surface area contributed by atoms with Crippen LogP contribution in [0.3, 0.4) is 0 Å². The highest BCUT2D eigenvalue weighted by Crippen LogP contribution is 2.18. The maximum absolute atomic E-state index is 12.2. The zero-order valence-corrected chi connectivity index (χ0v) is 13.4. The number of anilines is 2. The van der Waals surface area contributed by atoms with E-state index in [4.69, 9.17) is 10.00 Å². The van der Waals surface area contributed by atoms with Gasteiger partial charge in [-0.25, -0.2) is 0 Å². The molecule has 6 heteroatoms. The van der Waals surface area contributed by atoms with Gasteiger partial charge in [-0.05, 0) is 43.3 Å². The number of para-hydroxylation sites is 1. The van der Waals surface area contributed by atoms with Gasteiger partial charge >= 0.3 is 0 Å². The fourth-order valence-corrected chi connectivity index (χ4v) is 2.00. The number of nitrogens with zero attached hydrogens (tertiary/aromatic N) is 1. The summed E-state index contributed by atoms with van der Waals surface area (Å²) in [6.07, 6.45) is -0.747. The van der Waals surface area contributed by atoms with E-state index in [-0.39, 0.29) is 11.8 Å². The van der Waals surface area contributed by atoms with Crippen molar-refractivity contribution in [1.82, 2.24) is 0 Å². The molecule has 0 radical (unpaired) electrons. The molecule has 2 aromatic rings. The third-order valence-corrected chi connectivity index (χ3v) is 3.16. The Balaban J connectivity index is 1.99. The molecule has 2 rings (SSSR count). The molecular weight excluding hydrogens is 306 g/mol. The topological polar surface area (TPSA) is 91.2 Å². The van der Waals surface area contributed by atoms with Crippen LogP contribution in [-0.4, -0.2) is 17.9 Å². The highest BCUT2D eigenvalue weighted by atomic mass is 16.5. The third kappa shape index (κ3) is 4.58. The van der Waals surface area contributed by atoms with E-state index in [0.717, 1.165) is 0 Å². The molecule has 0 aliphatic carbocycles. The maximum atomic E-state index is 12.2. The molecule has 2 amide bonds. The van der Waals surface area contributed by atoms with Crippen LogP contribution in [0.5, 0.6) is 5.75 Å². The van der Waals surface area contributed by atoms with Crippen molar-refractivity contribution in [2.45, 2.75) is 20.0 Å². The van der Waals surface area contributed by atoms with E-state index in [1.165, 1.54) is 6.92 Å². The minimum Gasteiger partial charge on any atom is -0.481 e. The van der Waals surface area contributed by atoms with Gasteiger partial charge in [0.05, 0.1) is 11.3 Å². The molecule has 0 unspecified atom stereocenters. The van der Waals surface area contributed by atoms with Crippen LogP contribution in [0, 0.1) is 11.3 Å². The highest BCUT2D eigenvalue weighted by Gasteiger charge is 2.16. The Bertz CT molecular complexity index is 779. The van der Waals surface area contributed by atoms with Gasteiger partial charge in [0.1, 0.15) is 11.8 Å². The van der Waals surface area contributed by atoms with Gasteiger partial charge in [-0.15, -0.1) is 0 Å². The van der Waals surface area contributed by atoms with Crippen LogP contribution in [0.4, 0.5) is 11.4 Å². The van der Waals surface area contributed by atoms with Crippen molar-refractivity contribution in [3.05, 3.63) is 54.1 Å². The molecule has 1 atom stereocenters. The molecule has 24 heavy (non-hydrogen) atoms. The number of amides is 2. The molecule has 0 spiro atoms. The molecule has 0 saturated carbocycles. The lowest BCUT2D eigenvalue weighted by molar-refractivity contribution is -0.122. The van der Waals surface area contributed by atoms with Gasteiger partial charge in [0.25, 0.3) is 5.91 Å².